The fourth-order valence-electron chi connectivity index (χ4n) is 4.41. The first-order valence-corrected chi connectivity index (χ1v) is 9.95. The molecule has 7 nitrogen and oxygen atoms in total. The van der Waals surface area contributed by atoms with Crippen molar-refractivity contribution in [3.05, 3.63) is 18.5 Å². The van der Waals surface area contributed by atoms with Crippen LogP contribution in [0.2, 0.25) is 0 Å². The molecule has 3 aliphatic heterocycles. The van der Waals surface area contributed by atoms with E-state index in [0.29, 0.717) is 18.0 Å². The van der Waals surface area contributed by atoms with Crippen molar-refractivity contribution in [2.24, 2.45) is 0 Å². The zero-order valence-electron chi connectivity index (χ0n) is 15.8. The molecule has 0 N–H and O–H groups in total. The number of nitrogens with zero attached hydrogens (tertiary/aromatic N) is 6. The molecular formula is C19H30N6O. The predicted octanol–water partition coefficient (Wildman–Crippen LogP) is 0.684. The first kappa shape index (κ1) is 17.7. The van der Waals surface area contributed by atoms with E-state index in [-0.39, 0.29) is 0 Å². The van der Waals surface area contributed by atoms with Crippen molar-refractivity contribution in [3.63, 3.8) is 0 Å². The maximum Gasteiger partial charge on any atom is 0.225 e. The van der Waals surface area contributed by atoms with Crippen molar-refractivity contribution in [1.82, 2.24) is 24.7 Å². The number of piperazine rings is 1. The third-order valence-corrected chi connectivity index (χ3v) is 6.19. The van der Waals surface area contributed by atoms with Crippen molar-refractivity contribution in [1.29, 1.82) is 0 Å². The molecule has 0 radical (unpaired) electrons. The largest absolute Gasteiger partial charge is 0.341 e. The molecule has 7 heteroatoms. The van der Waals surface area contributed by atoms with Crippen molar-refractivity contribution in [2.45, 2.75) is 37.8 Å². The Morgan fingerprint density at radius 1 is 1.08 bits per heavy atom. The molecule has 26 heavy (non-hydrogen) atoms. The van der Waals surface area contributed by atoms with E-state index >= 15 is 0 Å². The second kappa shape index (κ2) is 7.88. The molecule has 0 spiro atoms. The molecule has 3 aliphatic rings. The summed E-state index contributed by atoms with van der Waals surface area (Å²) in [5.74, 6) is 1.17. The van der Waals surface area contributed by atoms with Crippen LogP contribution in [-0.2, 0) is 4.79 Å². The third kappa shape index (κ3) is 3.83. The molecule has 4 rings (SSSR count). The fraction of sp³-hybridized carbons (Fsp3) is 0.737. The van der Waals surface area contributed by atoms with E-state index in [1.807, 2.05) is 30.4 Å². The molecule has 3 fully saturated rings. The summed E-state index contributed by atoms with van der Waals surface area (Å²) in [6.07, 6.45) is 7.74. The number of likely N-dealkylation sites (N-methyl/N-ethyl adjacent to an activating group) is 1. The van der Waals surface area contributed by atoms with E-state index < -0.39 is 0 Å². The highest BCUT2D eigenvalue weighted by Crippen LogP contribution is 2.22. The third-order valence-electron chi connectivity index (χ3n) is 6.19. The summed E-state index contributed by atoms with van der Waals surface area (Å²) in [4.78, 5) is 30.2. The highest BCUT2D eigenvalue weighted by Gasteiger charge is 2.36. The standard InChI is InChI=1S/C19H30N6O/c1-22-16(5-2-3-6-18(22)26)13-23-14-17(15-23)24-9-11-25(12-10-24)19-20-7-4-8-21-19/h4,7-8,16-17H,2-3,5-6,9-15H2,1H3. The van der Waals surface area contributed by atoms with Gasteiger partial charge in [-0.05, 0) is 18.9 Å². The molecule has 1 aromatic heterocycles. The number of anilines is 1. The number of carbonyl (C=O) groups excluding carboxylic acids is 1. The maximum absolute atomic E-state index is 12.1. The summed E-state index contributed by atoms with van der Waals surface area (Å²) >= 11 is 0. The molecule has 0 aliphatic carbocycles. The molecular weight excluding hydrogens is 328 g/mol. The second-order valence-electron chi connectivity index (χ2n) is 7.85. The molecule has 0 aromatic carbocycles. The Morgan fingerprint density at radius 2 is 1.81 bits per heavy atom. The van der Waals surface area contributed by atoms with E-state index in [1.54, 1.807) is 0 Å². The average molecular weight is 358 g/mol. The Labute approximate surface area is 156 Å². The highest BCUT2D eigenvalue weighted by atomic mass is 16.2. The summed E-state index contributed by atoms with van der Waals surface area (Å²) in [6, 6.07) is 2.93. The van der Waals surface area contributed by atoms with Crippen LogP contribution in [0.15, 0.2) is 18.5 Å². The molecule has 1 atom stereocenters. The van der Waals surface area contributed by atoms with Gasteiger partial charge in [-0.15, -0.1) is 0 Å². The summed E-state index contributed by atoms with van der Waals surface area (Å²) in [6.45, 7) is 7.48. The van der Waals surface area contributed by atoms with Gasteiger partial charge < -0.3 is 9.80 Å². The van der Waals surface area contributed by atoms with Crippen LogP contribution in [0.4, 0.5) is 5.95 Å². The monoisotopic (exact) mass is 358 g/mol. The Balaban J connectivity index is 1.21. The summed E-state index contributed by atoms with van der Waals surface area (Å²) in [5, 5.41) is 0. The van der Waals surface area contributed by atoms with Crippen LogP contribution in [0.25, 0.3) is 0 Å². The Hall–Kier alpha value is -1.73. The van der Waals surface area contributed by atoms with Gasteiger partial charge in [0.1, 0.15) is 0 Å². The molecule has 1 aromatic rings. The number of hydrogen-bond acceptors (Lipinski definition) is 6. The van der Waals surface area contributed by atoms with Gasteiger partial charge in [0.15, 0.2) is 0 Å². The van der Waals surface area contributed by atoms with Crippen molar-refractivity contribution < 1.29 is 4.79 Å². The smallest absolute Gasteiger partial charge is 0.225 e. The van der Waals surface area contributed by atoms with E-state index in [1.165, 1.54) is 6.42 Å². The topological polar surface area (TPSA) is 55.8 Å². The normalized spacial score (nSPS) is 26.7. The van der Waals surface area contributed by atoms with Crippen LogP contribution < -0.4 is 4.90 Å². The zero-order valence-corrected chi connectivity index (χ0v) is 15.8. The van der Waals surface area contributed by atoms with E-state index in [0.717, 1.165) is 71.0 Å². The number of hydrogen-bond donors (Lipinski definition) is 0. The Morgan fingerprint density at radius 3 is 2.54 bits per heavy atom. The number of rotatable bonds is 4. The Bertz CT molecular complexity index is 597. The van der Waals surface area contributed by atoms with Crippen LogP contribution in [0.3, 0.4) is 0 Å². The molecule has 0 saturated carbocycles. The van der Waals surface area contributed by atoms with Crippen LogP contribution in [-0.4, -0.2) is 95.5 Å². The molecule has 142 valence electrons. The van der Waals surface area contributed by atoms with Crippen LogP contribution >= 0.6 is 0 Å². The minimum Gasteiger partial charge on any atom is -0.341 e. The number of carbonyl (C=O) groups is 1. The lowest BCUT2D eigenvalue weighted by atomic mass is 10.0. The lowest BCUT2D eigenvalue weighted by molar-refractivity contribution is -0.132. The molecule has 3 saturated heterocycles. The maximum atomic E-state index is 12.1. The van der Waals surface area contributed by atoms with Gasteiger partial charge in [-0.1, -0.05) is 6.42 Å². The predicted molar refractivity (Wildman–Crippen MR) is 101 cm³/mol. The minimum atomic E-state index is 0.323. The molecule has 4 heterocycles. The Kier molecular flexibility index (Phi) is 5.36. The van der Waals surface area contributed by atoms with Gasteiger partial charge in [0.25, 0.3) is 0 Å². The fourth-order valence-corrected chi connectivity index (χ4v) is 4.41. The van der Waals surface area contributed by atoms with Crippen molar-refractivity contribution >= 4 is 11.9 Å². The summed E-state index contributed by atoms with van der Waals surface area (Å²) in [7, 11) is 1.99. The summed E-state index contributed by atoms with van der Waals surface area (Å²) < 4.78 is 0. The van der Waals surface area contributed by atoms with Crippen LogP contribution in [0, 0.1) is 0 Å². The van der Waals surface area contributed by atoms with Gasteiger partial charge in [-0.25, -0.2) is 9.97 Å². The van der Waals surface area contributed by atoms with Gasteiger partial charge in [0, 0.05) is 83.8 Å². The van der Waals surface area contributed by atoms with Gasteiger partial charge >= 0.3 is 0 Å². The zero-order chi connectivity index (χ0) is 17.9. The number of likely N-dealkylation sites (tertiary alicyclic amines) is 2. The molecule has 1 amide bonds. The first-order chi connectivity index (χ1) is 12.7. The van der Waals surface area contributed by atoms with E-state index in [4.69, 9.17) is 0 Å². The number of amides is 1. The van der Waals surface area contributed by atoms with E-state index in [9.17, 15) is 4.79 Å². The van der Waals surface area contributed by atoms with Crippen molar-refractivity contribution in [2.75, 3.05) is 57.8 Å². The molecule has 0 bridgehead atoms. The van der Waals surface area contributed by atoms with E-state index in [2.05, 4.69) is 24.7 Å². The minimum absolute atomic E-state index is 0.323. The quantitative estimate of drug-likeness (QED) is 0.789. The highest BCUT2D eigenvalue weighted by molar-refractivity contribution is 5.76. The van der Waals surface area contributed by atoms with Gasteiger partial charge in [-0.3, -0.25) is 14.6 Å². The SMILES string of the molecule is CN1C(=O)CCCCC1CN1CC(N2CCN(c3ncccn3)CC2)C1. The van der Waals surface area contributed by atoms with Gasteiger partial charge in [-0.2, -0.15) is 0 Å². The van der Waals surface area contributed by atoms with Crippen LogP contribution in [0.5, 0.6) is 0 Å². The average Bonchev–Trinajstić information content (AvgIpc) is 2.81. The lowest BCUT2D eigenvalue weighted by Gasteiger charge is -2.49. The number of aromatic nitrogens is 2. The first-order valence-electron chi connectivity index (χ1n) is 9.95. The van der Waals surface area contributed by atoms with Gasteiger partial charge in [0.2, 0.25) is 11.9 Å². The second-order valence-corrected chi connectivity index (χ2v) is 7.85. The van der Waals surface area contributed by atoms with Gasteiger partial charge in [0.05, 0.1) is 0 Å². The van der Waals surface area contributed by atoms with Crippen molar-refractivity contribution in [3.8, 4) is 0 Å². The van der Waals surface area contributed by atoms with Crippen LogP contribution in [0.1, 0.15) is 25.7 Å². The summed E-state index contributed by atoms with van der Waals surface area (Å²) in [5.41, 5.74) is 0. The molecule has 1 unspecified atom stereocenters. The lowest BCUT2D eigenvalue weighted by Crippen LogP contribution is -2.64.